The van der Waals surface area contributed by atoms with Crippen molar-refractivity contribution in [3.05, 3.63) is 35.4 Å². The van der Waals surface area contributed by atoms with Crippen molar-refractivity contribution < 1.29 is 14.3 Å². The third kappa shape index (κ3) is 3.74. The van der Waals surface area contributed by atoms with Crippen LogP contribution in [0.15, 0.2) is 24.3 Å². The lowest BCUT2D eigenvalue weighted by Gasteiger charge is -2.30. The van der Waals surface area contributed by atoms with Crippen molar-refractivity contribution in [2.24, 2.45) is 5.92 Å². The Morgan fingerprint density at radius 3 is 2.50 bits per heavy atom. The van der Waals surface area contributed by atoms with E-state index in [0.29, 0.717) is 32.1 Å². The summed E-state index contributed by atoms with van der Waals surface area (Å²) < 4.78 is 11.4. The van der Waals surface area contributed by atoms with Crippen LogP contribution in [0.4, 0.5) is 0 Å². The van der Waals surface area contributed by atoms with E-state index in [2.05, 4.69) is 24.3 Å². The SMILES string of the molecule is CCOc1cc2c(cc1OCC)CN(C(=O)CC1C=CCC1)CC2. The molecule has 0 bridgehead atoms. The Balaban J connectivity index is 1.73. The number of amides is 1. The zero-order valence-electron chi connectivity index (χ0n) is 14.7. The van der Waals surface area contributed by atoms with E-state index >= 15 is 0 Å². The lowest BCUT2D eigenvalue weighted by Crippen LogP contribution is -2.36. The Kier molecular flexibility index (Phi) is 5.44. The van der Waals surface area contributed by atoms with Crippen LogP contribution in [0.2, 0.25) is 0 Å². The normalized spacial score (nSPS) is 19.2. The van der Waals surface area contributed by atoms with E-state index in [1.165, 1.54) is 11.1 Å². The number of hydrogen-bond donors (Lipinski definition) is 0. The van der Waals surface area contributed by atoms with E-state index in [9.17, 15) is 4.79 Å². The highest BCUT2D eigenvalue weighted by atomic mass is 16.5. The average Bonchev–Trinajstić information content (AvgIpc) is 3.08. The zero-order chi connectivity index (χ0) is 16.9. The number of carbonyl (C=O) groups is 1. The number of fused-ring (bicyclic) bond motifs is 1. The highest BCUT2D eigenvalue weighted by Crippen LogP contribution is 2.34. The third-order valence-corrected chi connectivity index (χ3v) is 4.78. The van der Waals surface area contributed by atoms with Crippen LogP contribution in [0, 0.1) is 5.92 Å². The predicted octanol–water partition coefficient (Wildman–Crippen LogP) is 3.73. The molecule has 24 heavy (non-hydrogen) atoms. The minimum atomic E-state index is 0.268. The second kappa shape index (κ2) is 7.73. The molecule has 130 valence electrons. The quantitative estimate of drug-likeness (QED) is 0.747. The summed E-state index contributed by atoms with van der Waals surface area (Å²) >= 11 is 0. The van der Waals surface area contributed by atoms with Crippen molar-refractivity contribution >= 4 is 5.91 Å². The Hall–Kier alpha value is -1.97. The van der Waals surface area contributed by atoms with Crippen LogP contribution in [-0.2, 0) is 17.8 Å². The van der Waals surface area contributed by atoms with Gasteiger partial charge in [-0.25, -0.2) is 0 Å². The van der Waals surface area contributed by atoms with E-state index in [4.69, 9.17) is 9.47 Å². The largest absolute Gasteiger partial charge is 0.490 e. The Labute approximate surface area is 144 Å². The summed E-state index contributed by atoms with van der Waals surface area (Å²) in [5.74, 6) is 2.29. The highest BCUT2D eigenvalue weighted by molar-refractivity contribution is 5.77. The number of carbonyl (C=O) groups excluding carboxylic acids is 1. The summed E-state index contributed by atoms with van der Waals surface area (Å²) in [6.45, 7) is 6.65. The summed E-state index contributed by atoms with van der Waals surface area (Å²) in [6, 6.07) is 4.14. The predicted molar refractivity (Wildman–Crippen MR) is 94.4 cm³/mol. The molecule has 0 saturated carbocycles. The number of nitrogens with zero attached hydrogens (tertiary/aromatic N) is 1. The zero-order valence-corrected chi connectivity index (χ0v) is 14.7. The Bertz CT molecular complexity index is 624. The fourth-order valence-corrected chi connectivity index (χ4v) is 3.53. The van der Waals surface area contributed by atoms with Gasteiger partial charge in [0.1, 0.15) is 0 Å². The monoisotopic (exact) mass is 329 g/mol. The summed E-state index contributed by atoms with van der Waals surface area (Å²) in [4.78, 5) is 14.6. The first-order valence-electron chi connectivity index (χ1n) is 9.07. The lowest BCUT2D eigenvalue weighted by molar-refractivity contribution is -0.132. The maximum absolute atomic E-state index is 12.6. The van der Waals surface area contributed by atoms with E-state index in [-0.39, 0.29) is 5.91 Å². The molecule has 3 rings (SSSR count). The van der Waals surface area contributed by atoms with Gasteiger partial charge >= 0.3 is 0 Å². The van der Waals surface area contributed by atoms with E-state index < -0.39 is 0 Å². The molecule has 0 radical (unpaired) electrons. The molecule has 0 aromatic heterocycles. The molecular formula is C20H27NO3. The topological polar surface area (TPSA) is 38.8 Å². The molecule has 0 fully saturated rings. The molecular weight excluding hydrogens is 302 g/mol. The van der Waals surface area contributed by atoms with E-state index in [1.807, 2.05) is 18.7 Å². The van der Waals surface area contributed by atoms with Crippen molar-refractivity contribution in [1.29, 1.82) is 0 Å². The molecule has 4 heteroatoms. The van der Waals surface area contributed by atoms with Crippen molar-refractivity contribution in [3.63, 3.8) is 0 Å². The van der Waals surface area contributed by atoms with Crippen LogP contribution in [0.5, 0.6) is 11.5 Å². The second-order valence-electron chi connectivity index (χ2n) is 6.47. The molecule has 0 spiro atoms. The fourth-order valence-electron chi connectivity index (χ4n) is 3.53. The van der Waals surface area contributed by atoms with Crippen LogP contribution in [0.25, 0.3) is 0 Å². The first kappa shape index (κ1) is 16.9. The number of ether oxygens (including phenoxy) is 2. The molecule has 2 aliphatic rings. The fraction of sp³-hybridized carbons (Fsp3) is 0.550. The molecule has 1 atom stereocenters. The molecule has 1 aromatic rings. The molecule has 4 nitrogen and oxygen atoms in total. The summed E-state index contributed by atoms with van der Waals surface area (Å²) in [5.41, 5.74) is 2.45. The van der Waals surface area contributed by atoms with Gasteiger partial charge in [-0.1, -0.05) is 12.2 Å². The Morgan fingerprint density at radius 2 is 1.88 bits per heavy atom. The van der Waals surface area contributed by atoms with Crippen molar-refractivity contribution in [3.8, 4) is 11.5 Å². The molecule has 1 unspecified atom stereocenters. The molecule has 1 aliphatic carbocycles. The highest BCUT2D eigenvalue weighted by Gasteiger charge is 2.25. The first-order chi connectivity index (χ1) is 11.7. The summed E-state index contributed by atoms with van der Waals surface area (Å²) in [5, 5.41) is 0. The summed E-state index contributed by atoms with van der Waals surface area (Å²) in [6.07, 6.45) is 8.13. The van der Waals surface area contributed by atoms with Gasteiger partial charge in [0, 0.05) is 19.5 Å². The minimum Gasteiger partial charge on any atom is -0.490 e. The number of hydrogen-bond acceptors (Lipinski definition) is 3. The average molecular weight is 329 g/mol. The van der Waals surface area contributed by atoms with Crippen LogP contribution in [-0.4, -0.2) is 30.6 Å². The van der Waals surface area contributed by atoms with E-state index in [1.54, 1.807) is 0 Å². The maximum atomic E-state index is 12.6. The number of allylic oxidation sites excluding steroid dienone is 2. The number of benzene rings is 1. The lowest BCUT2D eigenvalue weighted by atomic mass is 9.97. The van der Waals surface area contributed by atoms with Gasteiger partial charge < -0.3 is 14.4 Å². The second-order valence-corrected chi connectivity index (χ2v) is 6.47. The van der Waals surface area contributed by atoms with Gasteiger partial charge in [-0.05, 0) is 62.3 Å². The van der Waals surface area contributed by atoms with E-state index in [0.717, 1.165) is 37.3 Å². The van der Waals surface area contributed by atoms with Gasteiger partial charge in [-0.15, -0.1) is 0 Å². The standard InChI is InChI=1S/C20H27NO3/c1-3-23-18-12-16-9-10-21(14-17(16)13-19(18)24-4-2)20(22)11-15-7-5-6-8-15/h5,7,12-13,15H,3-4,6,8-11,14H2,1-2H3. The summed E-state index contributed by atoms with van der Waals surface area (Å²) in [7, 11) is 0. The van der Waals surface area contributed by atoms with Gasteiger partial charge in [0.05, 0.1) is 13.2 Å². The molecule has 0 saturated heterocycles. The van der Waals surface area contributed by atoms with Gasteiger partial charge in [0.15, 0.2) is 11.5 Å². The number of rotatable bonds is 6. The molecule has 1 aromatic carbocycles. The maximum Gasteiger partial charge on any atom is 0.223 e. The molecule has 1 aliphatic heterocycles. The van der Waals surface area contributed by atoms with Gasteiger partial charge in [0.2, 0.25) is 5.91 Å². The molecule has 1 heterocycles. The Morgan fingerprint density at radius 1 is 1.17 bits per heavy atom. The molecule has 0 N–H and O–H groups in total. The van der Waals surface area contributed by atoms with Crippen molar-refractivity contribution in [2.75, 3.05) is 19.8 Å². The van der Waals surface area contributed by atoms with Crippen LogP contribution in [0.1, 0.15) is 44.2 Å². The van der Waals surface area contributed by atoms with Crippen molar-refractivity contribution in [1.82, 2.24) is 4.90 Å². The van der Waals surface area contributed by atoms with Crippen molar-refractivity contribution in [2.45, 2.75) is 46.1 Å². The van der Waals surface area contributed by atoms with Crippen LogP contribution < -0.4 is 9.47 Å². The first-order valence-corrected chi connectivity index (χ1v) is 9.07. The van der Waals surface area contributed by atoms with Crippen LogP contribution >= 0.6 is 0 Å². The minimum absolute atomic E-state index is 0.268. The third-order valence-electron chi connectivity index (χ3n) is 4.78. The smallest absolute Gasteiger partial charge is 0.223 e. The van der Waals surface area contributed by atoms with Gasteiger partial charge in [0.25, 0.3) is 0 Å². The van der Waals surface area contributed by atoms with Crippen LogP contribution in [0.3, 0.4) is 0 Å². The van der Waals surface area contributed by atoms with Gasteiger partial charge in [-0.3, -0.25) is 4.79 Å². The molecule has 1 amide bonds. The van der Waals surface area contributed by atoms with Gasteiger partial charge in [-0.2, -0.15) is 0 Å².